The molecular weight excluding hydrogens is 621 g/mol. The molecule has 4 heteroatoms. The van der Waals surface area contributed by atoms with E-state index in [1.54, 1.807) is 0 Å². The maximum atomic E-state index is 5.27. The van der Waals surface area contributed by atoms with Crippen LogP contribution in [0.4, 0.5) is 0 Å². The van der Waals surface area contributed by atoms with Crippen molar-refractivity contribution < 1.29 is 0 Å². The molecule has 4 nitrogen and oxygen atoms in total. The molecule has 11 rings (SSSR count). The molecule has 0 spiro atoms. The van der Waals surface area contributed by atoms with Crippen LogP contribution in [-0.2, 0) is 0 Å². The van der Waals surface area contributed by atoms with Crippen LogP contribution in [0.3, 0.4) is 0 Å². The minimum absolute atomic E-state index is 0.342. The molecule has 0 bridgehead atoms. The van der Waals surface area contributed by atoms with Crippen molar-refractivity contribution in [3.63, 3.8) is 0 Å². The molecular formula is C47H30N4. The Labute approximate surface area is 294 Å². The Kier molecular flexibility index (Phi) is 5.98. The number of nitrogens with one attached hydrogen (secondary N) is 1. The zero-order chi connectivity index (χ0) is 33.5. The third-order valence-corrected chi connectivity index (χ3v) is 10.6. The Hall–Kier alpha value is -6.78. The van der Waals surface area contributed by atoms with E-state index in [0.29, 0.717) is 0 Å². The topological polar surface area (TPSA) is 41.7 Å². The Bertz CT molecular complexity index is 3000. The smallest absolute Gasteiger partial charge is 0.159 e. The third-order valence-electron chi connectivity index (χ3n) is 10.6. The first-order valence-corrected chi connectivity index (χ1v) is 17.5. The summed E-state index contributed by atoms with van der Waals surface area (Å²) in [6.45, 7) is 0. The fraction of sp³-hybridized carbons (Fsp3) is 0.0213. The van der Waals surface area contributed by atoms with Crippen LogP contribution in [0.25, 0.3) is 72.0 Å². The second-order valence-electron chi connectivity index (χ2n) is 13.4. The number of fused-ring (bicyclic) bond motifs is 2. The van der Waals surface area contributed by atoms with Gasteiger partial charge in [-0.25, -0.2) is 9.98 Å². The van der Waals surface area contributed by atoms with E-state index in [1.165, 1.54) is 59.9 Å². The second kappa shape index (κ2) is 10.9. The molecule has 1 aliphatic carbocycles. The molecule has 1 atom stereocenters. The number of rotatable bonds is 4. The van der Waals surface area contributed by atoms with Gasteiger partial charge in [0.2, 0.25) is 0 Å². The maximum absolute atomic E-state index is 5.27. The largest absolute Gasteiger partial charge is 0.344 e. The Morgan fingerprint density at radius 1 is 0.490 bits per heavy atom. The van der Waals surface area contributed by atoms with E-state index in [9.17, 15) is 0 Å². The van der Waals surface area contributed by atoms with E-state index in [0.717, 1.165) is 39.4 Å². The van der Waals surface area contributed by atoms with Gasteiger partial charge in [-0.2, -0.15) is 0 Å². The van der Waals surface area contributed by atoms with Crippen molar-refractivity contribution >= 4 is 77.9 Å². The second-order valence-corrected chi connectivity index (χ2v) is 13.4. The van der Waals surface area contributed by atoms with Gasteiger partial charge >= 0.3 is 0 Å². The van der Waals surface area contributed by atoms with Crippen molar-refractivity contribution in [1.29, 1.82) is 0 Å². The molecule has 238 valence electrons. The lowest BCUT2D eigenvalue weighted by molar-refractivity contribution is 0.679. The first-order chi connectivity index (χ1) is 25.3. The summed E-state index contributed by atoms with van der Waals surface area (Å²) >= 11 is 0. The Morgan fingerprint density at radius 3 is 2.08 bits per heavy atom. The fourth-order valence-corrected chi connectivity index (χ4v) is 8.25. The van der Waals surface area contributed by atoms with E-state index in [2.05, 4.69) is 162 Å². The van der Waals surface area contributed by atoms with E-state index in [-0.39, 0.29) is 6.17 Å². The van der Waals surface area contributed by atoms with E-state index >= 15 is 0 Å². The minimum Gasteiger partial charge on any atom is -0.344 e. The molecule has 0 fully saturated rings. The third kappa shape index (κ3) is 4.26. The Morgan fingerprint density at radius 2 is 1.20 bits per heavy atom. The van der Waals surface area contributed by atoms with Crippen molar-refractivity contribution in [3.05, 3.63) is 186 Å². The molecule has 0 amide bonds. The van der Waals surface area contributed by atoms with Crippen LogP contribution < -0.4 is 5.32 Å². The average Bonchev–Trinajstić information content (AvgIpc) is 3.44. The normalized spacial score (nSPS) is 15.2. The summed E-state index contributed by atoms with van der Waals surface area (Å²) in [5, 5.41) is 13.7. The number of amidine groups is 2. The molecule has 1 unspecified atom stereocenters. The van der Waals surface area contributed by atoms with Gasteiger partial charge < -0.3 is 9.88 Å². The van der Waals surface area contributed by atoms with Crippen LogP contribution in [0, 0.1) is 0 Å². The molecule has 8 aromatic carbocycles. The summed E-state index contributed by atoms with van der Waals surface area (Å²) in [6.07, 6.45) is 4.20. The number of aromatic nitrogens is 1. The number of nitrogens with zero attached hydrogens (tertiary/aromatic N) is 3. The SMILES string of the molecule is C1=Cc2cccc3c2c2c4c1cccc4ccc2n3-c1ccc(C2N=C(c3ccccc3)N=C(c3ccc4ccccc4c3)N2)c2ccccc12. The monoisotopic (exact) mass is 650 g/mol. The summed E-state index contributed by atoms with van der Waals surface area (Å²) in [6, 6.07) is 56.4. The summed E-state index contributed by atoms with van der Waals surface area (Å²) < 4.78 is 2.46. The zero-order valence-corrected chi connectivity index (χ0v) is 27.6. The quantitative estimate of drug-likeness (QED) is 0.202. The molecule has 9 aromatic rings. The number of hydrogen-bond donors (Lipinski definition) is 1. The van der Waals surface area contributed by atoms with Gasteiger partial charge in [-0.3, -0.25) is 0 Å². The molecule has 2 heterocycles. The summed E-state index contributed by atoms with van der Waals surface area (Å²) in [5.41, 5.74) is 9.21. The van der Waals surface area contributed by atoms with E-state index in [1.807, 2.05) is 18.2 Å². The molecule has 0 saturated heterocycles. The molecule has 1 aliphatic heterocycles. The van der Waals surface area contributed by atoms with Crippen molar-refractivity contribution in [2.45, 2.75) is 6.17 Å². The van der Waals surface area contributed by atoms with Crippen LogP contribution in [0.1, 0.15) is 34.0 Å². The lowest BCUT2D eigenvalue weighted by atomic mass is 9.99. The highest BCUT2D eigenvalue weighted by atomic mass is 15.2. The van der Waals surface area contributed by atoms with Crippen LogP contribution in [0.5, 0.6) is 0 Å². The van der Waals surface area contributed by atoms with Crippen molar-refractivity contribution in [2.75, 3.05) is 0 Å². The minimum atomic E-state index is -0.342. The van der Waals surface area contributed by atoms with Gasteiger partial charge in [0, 0.05) is 32.8 Å². The highest BCUT2D eigenvalue weighted by Gasteiger charge is 2.25. The maximum Gasteiger partial charge on any atom is 0.159 e. The predicted octanol–water partition coefficient (Wildman–Crippen LogP) is 11.2. The van der Waals surface area contributed by atoms with Crippen LogP contribution in [0.2, 0.25) is 0 Å². The number of aliphatic imine (C=N–C) groups is 2. The molecule has 0 radical (unpaired) electrons. The highest BCUT2D eigenvalue weighted by molar-refractivity contribution is 6.27. The molecule has 51 heavy (non-hydrogen) atoms. The first-order valence-electron chi connectivity index (χ1n) is 17.5. The van der Waals surface area contributed by atoms with Gasteiger partial charge in [-0.15, -0.1) is 0 Å². The van der Waals surface area contributed by atoms with Crippen molar-refractivity contribution in [2.24, 2.45) is 9.98 Å². The molecule has 1 N–H and O–H groups in total. The Balaban J connectivity index is 1.12. The van der Waals surface area contributed by atoms with E-state index < -0.39 is 0 Å². The van der Waals surface area contributed by atoms with Gasteiger partial charge in [-0.05, 0) is 62.3 Å². The summed E-state index contributed by atoms with van der Waals surface area (Å²) in [4.78, 5) is 10.4. The summed E-state index contributed by atoms with van der Waals surface area (Å²) in [5.74, 6) is 1.53. The number of benzene rings is 8. The number of hydrogen-bond acceptors (Lipinski definition) is 3. The highest BCUT2D eigenvalue weighted by Crippen LogP contribution is 2.44. The first kappa shape index (κ1) is 28.1. The van der Waals surface area contributed by atoms with Gasteiger partial charge in [-0.1, -0.05) is 146 Å². The van der Waals surface area contributed by atoms with Crippen molar-refractivity contribution in [3.8, 4) is 5.69 Å². The average molecular weight is 651 g/mol. The standard InChI is InChI=1S/C47H30N4/c1-2-11-33(12-3-1)45-48-46(35-23-20-29-10-4-5-13-34(29)28-35)50-47(49-45)38-25-27-39(37-18-7-6-17-36(37)38)51-40-19-9-16-32-22-21-30-14-8-15-31-24-26-41(51)44(42(30)31)43(32)40/h1-28,47H,(H,48,49,50). The van der Waals surface area contributed by atoms with Gasteiger partial charge in [0.1, 0.15) is 12.0 Å². The molecule has 0 saturated carbocycles. The lowest BCUT2D eigenvalue weighted by Gasteiger charge is -2.25. The fourth-order valence-electron chi connectivity index (χ4n) is 8.25. The zero-order valence-electron chi connectivity index (χ0n) is 27.6. The van der Waals surface area contributed by atoms with Gasteiger partial charge in [0.15, 0.2) is 5.84 Å². The van der Waals surface area contributed by atoms with Crippen LogP contribution >= 0.6 is 0 Å². The van der Waals surface area contributed by atoms with Crippen LogP contribution in [-0.4, -0.2) is 16.2 Å². The van der Waals surface area contributed by atoms with E-state index in [4.69, 9.17) is 9.98 Å². The summed E-state index contributed by atoms with van der Waals surface area (Å²) in [7, 11) is 0. The molecule has 2 aliphatic rings. The predicted molar refractivity (Wildman–Crippen MR) is 214 cm³/mol. The van der Waals surface area contributed by atoms with Crippen LogP contribution in [0.15, 0.2) is 168 Å². The molecule has 1 aromatic heterocycles. The lowest BCUT2D eigenvalue weighted by Crippen LogP contribution is -2.33. The van der Waals surface area contributed by atoms with Gasteiger partial charge in [0.05, 0.1) is 16.7 Å². The van der Waals surface area contributed by atoms with Crippen molar-refractivity contribution in [1.82, 2.24) is 9.88 Å². The van der Waals surface area contributed by atoms with Gasteiger partial charge in [0.25, 0.3) is 0 Å².